The van der Waals surface area contributed by atoms with E-state index < -0.39 is 38.4 Å². The summed E-state index contributed by atoms with van der Waals surface area (Å²) in [5.74, 6) is -2.34. The number of carbonyl (C=O) groups is 1. The first-order chi connectivity index (χ1) is 8.24. The molecule has 1 atom stereocenters. The number of hydrogen-bond acceptors (Lipinski definition) is 4. The smallest absolute Gasteiger partial charge is 0.337 e. The van der Waals surface area contributed by atoms with Crippen molar-refractivity contribution in [2.24, 2.45) is 0 Å². The molecule has 0 radical (unpaired) electrons. The number of carboxylic acids is 1. The van der Waals surface area contributed by atoms with Gasteiger partial charge in [-0.2, -0.15) is 0 Å². The molecule has 0 fully saturated rings. The zero-order valence-electron chi connectivity index (χ0n) is 9.42. The van der Waals surface area contributed by atoms with Crippen molar-refractivity contribution in [2.45, 2.75) is 17.9 Å². The first-order valence-corrected chi connectivity index (χ1v) is 6.43. The predicted molar refractivity (Wildman–Crippen MR) is 60.2 cm³/mol. The third-order valence-electron chi connectivity index (χ3n) is 2.03. The maximum Gasteiger partial charge on any atom is 0.337 e. The average Bonchev–Trinajstić information content (AvgIpc) is 2.26. The fraction of sp³-hybridized carbons (Fsp3) is 0.300. The van der Waals surface area contributed by atoms with Gasteiger partial charge in [0, 0.05) is 6.54 Å². The molecular weight excluding hydrogens is 265 g/mol. The lowest BCUT2D eigenvalue weighted by Crippen LogP contribution is -2.31. The molecule has 0 aromatic heterocycles. The van der Waals surface area contributed by atoms with Crippen molar-refractivity contribution < 1.29 is 27.8 Å². The zero-order valence-corrected chi connectivity index (χ0v) is 10.2. The summed E-state index contributed by atoms with van der Waals surface area (Å²) in [4.78, 5) is 10.2. The molecule has 6 nitrogen and oxygen atoms in total. The Morgan fingerprint density at radius 3 is 2.61 bits per heavy atom. The van der Waals surface area contributed by atoms with Crippen LogP contribution in [-0.4, -0.2) is 37.2 Å². The van der Waals surface area contributed by atoms with E-state index in [1.807, 2.05) is 4.72 Å². The lowest BCUT2D eigenvalue weighted by molar-refractivity contribution is 0.0692. The van der Waals surface area contributed by atoms with Gasteiger partial charge in [0.1, 0.15) is 5.82 Å². The highest BCUT2D eigenvalue weighted by atomic mass is 32.2. The van der Waals surface area contributed by atoms with E-state index in [2.05, 4.69) is 0 Å². The summed E-state index contributed by atoms with van der Waals surface area (Å²) in [5.41, 5.74) is -0.533. The monoisotopic (exact) mass is 277 g/mol. The van der Waals surface area contributed by atoms with Gasteiger partial charge in [0.05, 0.1) is 16.6 Å². The molecule has 18 heavy (non-hydrogen) atoms. The standard InChI is InChI=1S/C10H12FNO5S/c1-6(13)5-12-18(16,17)9-4-7(11)2-3-8(9)10(14)15/h2-4,6,12-13H,5H2,1H3,(H,14,15)/t6-/m0/s1. The molecular formula is C10H12FNO5S. The van der Waals surface area contributed by atoms with E-state index in [1.165, 1.54) is 6.92 Å². The topological polar surface area (TPSA) is 104 Å². The van der Waals surface area contributed by atoms with Gasteiger partial charge in [-0.05, 0) is 25.1 Å². The molecule has 0 amide bonds. The fourth-order valence-corrected chi connectivity index (χ4v) is 2.53. The number of carboxylic acid groups (broad SMARTS) is 1. The van der Waals surface area contributed by atoms with Crippen LogP contribution in [0.15, 0.2) is 23.1 Å². The molecule has 3 N–H and O–H groups in total. The van der Waals surface area contributed by atoms with E-state index in [0.717, 1.165) is 12.1 Å². The normalized spacial score (nSPS) is 13.3. The number of benzene rings is 1. The van der Waals surface area contributed by atoms with Crippen molar-refractivity contribution in [2.75, 3.05) is 6.54 Å². The Bertz CT molecular complexity index is 555. The van der Waals surface area contributed by atoms with Gasteiger partial charge >= 0.3 is 5.97 Å². The summed E-state index contributed by atoms with van der Waals surface area (Å²) in [5, 5.41) is 17.8. The summed E-state index contributed by atoms with van der Waals surface area (Å²) >= 11 is 0. The molecule has 0 aliphatic carbocycles. The van der Waals surface area contributed by atoms with Gasteiger partial charge in [0.2, 0.25) is 10.0 Å². The SMILES string of the molecule is C[C@H](O)CNS(=O)(=O)c1cc(F)ccc1C(=O)O. The molecule has 1 aromatic rings. The summed E-state index contributed by atoms with van der Waals surface area (Å²) in [6.45, 7) is 1.06. The van der Waals surface area contributed by atoms with Crippen LogP contribution in [0.2, 0.25) is 0 Å². The van der Waals surface area contributed by atoms with Crippen molar-refractivity contribution >= 4 is 16.0 Å². The van der Waals surface area contributed by atoms with Gasteiger partial charge in [0.15, 0.2) is 0 Å². The largest absolute Gasteiger partial charge is 0.478 e. The molecule has 0 aliphatic rings. The molecule has 0 aliphatic heterocycles. The van der Waals surface area contributed by atoms with Crippen LogP contribution in [0, 0.1) is 5.82 Å². The molecule has 0 saturated carbocycles. The maximum atomic E-state index is 13.0. The summed E-state index contributed by atoms with van der Waals surface area (Å²) in [6, 6.07) is 2.35. The number of nitrogens with one attached hydrogen (secondary N) is 1. The first kappa shape index (κ1) is 14.6. The Morgan fingerprint density at radius 1 is 1.50 bits per heavy atom. The highest BCUT2D eigenvalue weighted by Crippen LogP contribution is 2.17. The first-order valence-electron chi connectivity index (χ1n) is 4.94. The van der Waals surface area contributed by atoms with Crippen molar-refractivity contribution in [3.63, 3.8) is 0 Å². The highest BCUT2D eigenvalue weighted by Gasteiger charge is 2.23. The van der Waals surface area contributed by atoms with Gasteiger partial charge < -0.3 is 10.2 Å². The van der Waals surface area contributed by atoms with Crippen molar-refractivity contribution in [3.8, 4) is 0 Å². The minimum absolute atomic E-state index is 0.294. The average molecular weight is 277 g/mol. The summed E-state index contributed by atoms with van der Waals surface area (Å²) in [7, 11) is -4.18. The van der Waals surface area contributed by atoms with Crippen LogP contribution in [0.3, 0.4) is 0 Å². The van der Waals surface area contributed by atoms with Gasteiger partial charge in [-0.3, -0.25) is 0 Å². The number of aromatic carboxylic acids is 1. The van der Waals surface area contributed by atoms with Crippen LogP contribution in [0.1, 0.15) is 17.3 Å². The molecule has 0 heterocycles. The van der Waals surface area contributed by atoms with Crippen molar-refractivity contribution in [1.29, 1.82) is 0 Å². The molecule has 100 valence electrons. The summed E-state index contributed by atoms with van der Waals surface area (Å²) < 4.78 is 38.5. The van der Waals surface area contributed by atoms with E-state index >= 15 is 0 Å². The Hall–Kier alpha value is -1.51. The molecule has 1 rings (SSSR count). The molecule has 0 spiro atoms. The number of hydrogen-bond donors (Lipinski definition) is 3. The van der Waals surface area contributed by atoms with Crippen LogP contribution < -0.4 is 4.72 Å². The molecule has 8 heteroatoms. The van der Waals surface area contributed by atoms with Crippen LogP contribution in [0.25, 0.3) is 0 Å². The summed E-state index contributed by atoms with van der Waals surface area (Å²) in [6.07, 6.45) is -0.943. The van der Waals surface area contributed by atoms with Crippen molar-refractivity contribution in [3.05, 3.63) is 29.6 Å². The highest BCUT2D eigenvalue weighted by molar-refractivity contribution is 7.89. The third kappa shape index (κ3) is 3.49. The second kappa shape index (κ2) is 5.42. The quantitative estimate of drug-likeness (QED) is 0.712. The number of rotatable bonds is 5. The number of sulfonamides is 1. The third-order valence-corrected chi connectivity index (χ3v) is 3.50. The molecule has 1 aromatic carbocycles. The number of aliphatic hydroxyl groups excluding tert-OH is 1. The lowest BCUT2D eigenvalue weighted by atomic mass is 10.2. The van der Waals surface area contributed by atoms with Crippen LogP contribution in [0.5, 0.6) is 0 Å². The Kier molecular flexibility index (Phi) is 4.38. The van der Waals surface area contributed by atoms with Crippen LogP contribution in [0.4, 0.5) is 4.39 Å². The van der Waals surface area contributed by atoms with Gasteiger partial charge in [0.25, 0.3) is 0 Å². The van der Waals surface area contributed by atoms with E-state index in [1.54, 1.807) is 0 Å². The van der Waals surface area contributed by atoms with E-state index in [9.17, 15) is 17.6 Å². The fourth-order valence-electron chi connectivity index (χ4n) is 1.20. The minimum Gasteiger partial charge on any atom is -0.478 e. The molecule has 0 bridgehead atoms. The predicted octanol–water partition coefficient (Wildman–Crippen LogP) is 0.183. The lowest BCUT2D eigenvalue weighted by Gasteiger charge is -2.10. The Labute approximate surface area is 103 Å². The molecule has 0 unspecified atom stereocenters. The van der Waals surface area contributed by atoms with E-state index in [4.69, 9.17) is 10.2 Å². The molecule has 0 saturated heterocycles. The minimum atomic E-state index is -4.18. The van der Waals surface area contributed by atoms with E-state index in [0.29, 0.717) is 6.07 Å². The van der Waals surface area contributed by atoms with E-state index in [-0.39, 0.29) is 6.54 Å². The van der Waals surface area contributed by atoms with Gasteiger partial charge in [-0.15, -0.1) is 0 Å². The van der Waals surface area contributed by atoms with Gasteiger partial charge in [-0.25, -0.2) is 22.3 Å². The van der Waals surface area contributed by atoms with Crippen LogP contribution in [-0.2, 0) is 10.0 Å². The van der Waals surface area contributed by atoms with Gasteiger partial charge in [-0.1, -0.05) is 0 Å². The van der Waals surface area contributed by atoms with Crippen molar-refractivity contribution in [1.82, 2.24) is 4.72 Å². The van der Waals surface area contributed by atoms with Crippen LogP contribution >= 0.6 is 0 Å². The Balaban J connectivity index is 3.22. The second-order valence-corrected chi connectivity index (χ2v) is 5.38. The Morgan fingerprint density at radius 2 is 2.11 bits per heavy atom. The second-order valence-electron chi connectivity index (χ2n) is 3.65. The maximum absolute atomic E-state index is 13.0. The number of halogens is 1. The zero-order chi connectivity index (χ0) is 13.9. The number of aliphatic hydroxyl groups is 1.